The highest BCUT2D eigenvalue weighted by molar-refractivity contribution is 8.77. The molecule has 0 atom stereocenters. The van der Waals surface area contributed by atoms with Gasteiger partial charge in [0.2, 0.25) is 0 Å². The second-order valence-electron chi connectivity index (χ2n) is 0.697. The normalized spacial score (nSPS) is 18.7. The summed E-state index contributed by atoms with van der Waals surface area (Å²) in [6, 6.07) is 0. The SMILES string of the molecule is [C]1=CC=NSS1. The molecule has 3 heteroatoms. The molecule has 1 aliphatic rings. The van der Waals surface area contributed by atoms with Gasteiger partial charge in [0.1, 0.15) is 0 Å². The van der Waals surface area contributed by atoms with Crippen LogP contribution in [0.5, 0.6) is 0 Å². The molecular weight excluding hydrogens is 114 g/mol. The number of allylic oxidation sites excluding steroid dienone is 1. The lowest BCUT2D eigenvalue weighted by atomic mass is 10.7. The molecule has 0 amide bonds. The summed E-state index contributed by atoms with van der Waals surface area (Å²) in [4.78, 5) is 0. The predicted octanol–water partition coefficient (Wildman–Crippen LogP) is 1.68. The van der Waals surface area contributed by atoms with Crippen molar-refractivity contribution in [3.05, 3.63) is 11.5 Å². The van der Waals surface area contributed by atoms with Crippen LogP contribution in [-0.2, 0) is 0 Å². The fraction of sp³-hybridized carbons (Fsp3) is 0. The Morgan fingerprint density at radius 3 is 2.83 bits per heavy atom. The van der Waals surface area contributed by atoms with Crippen molar-refractivity contribution in [2.75, 3.05) is 0 Å². The highest BCUT2D eigenvalue weighted by Gasteiger charge is 1.81. The van der Waals surface area contributed by atoms with Gasteiger partial charge >= 0.3 is 0 Å². The Morgan fingerprint density at radius 1 is 1.67 bits per heavy atom. The van der Waals surface area contributed by atoms with Crippen LogP contribution < -0.4 is 0 Å². The minimum absolute atomic E-state index is 1.44. The lowest BCUT2D eigenvalue weighted by molar-refractivity contribution is 1.99. The van der Waals surface area contributed by atoms with E-state index in [1.165, 1.54) is 21.8 Å². The third-order valence-corrected chi connectivity index (χ3v) is 1.62. The summed E-state index contributed by atoms with van der Waals surface area (Å²) < 4.78 is 3.81. The van der Waals surface area contributed by atoms with E-state index in [9.17, 15) is 0 Å². The summed E-state index contributed by atoms with van der Waals surface area (Å²) in [5.41, 5.74) is 0. The molecule has 0 aromatic carbocycles. The van der Waals surface area contributed by atoms with E-state index >= 15 is 0 Å². The van der Waals surface area contributed by atoms with E-state index in [2.05, 4.69) is 9.81 Å². The number of hydrogen-bond acceptors (Lipinski definition) is 3. The smallest absolute Gasteiger partial charge is 0.0487 e. The highest BCUT2D eigenvalue weighted by atomic mass is 33.1. The molecule has 0 bridgehead atoms. The van der Waals surface area contributed by atoms with E-state index in [1.807, 2.05) is 0 Å². The van der Waals surface area contributed by atoms with Crippen LogP contribution in [0.15, 0.2) is 10.5 Å². The second-order valence-corrected chi connectivity index (χ2v) is 2.41. The molecule has 0 N–H and O–H groups in total. The predicted molar refractivity (Wildman–Crippen MR) is 31.5 cm³/mol. The summed E-state index contributed by atoms with van der Waals surface area (Å²) in [5.74, 6) is 0. The van der Waals surface area contributed by atoms with E-state index in [0.717, 1.165) is 0 Å². The molecule has 0 aromatic rings. The van der Waals surface area contributed by atoms with Gasteiger partial charge in [0.15, 0.2) is 0 Å². The molecule has 1 aliphatic heterocycles. The molecule has 0 unspecified atom stereocenters. The van der Waals surface area contributed by atoms with Gasteiger partial charge in [-0.05, 0) is 16.9 Å². The zero-order valence-electron chi connectivity index (χ0n) is 2.92. The van der Waals surface area contributed by atoms with Gasteiger partial charge in [0.05, 0.1) is 0 Å². The fourth-order valence-corrected chi connectivity index (χ4v) is 1.04. The first-order chi connectivity index (χ1) is 3.00. The summed E-state index contributed by atoms with van der Waals surface area (Å²) in [6.45, 7) is 0. The van der Waals surface area contributed by atoms with Crippen LogP contribution in [0.3, 0.4) is 0 Å². The minimum atomic E-state index is 1.44. The van der Waals surface area contributed by atoms with Crippen molar-refractivity contribution < 1.29 is 0 Å². The van der Waals surface area contributed by atoms with Crippen LogP contribution in [0.2, 0.25) is 0 Å². The van der Waals surface area contributed by atoms with Crippen molar-refractivity contribution >= 4 is 28.0 Å². The Kier molecular flexibility index (Phi) is 1.65. The van der Waals surface area contributed by atoms with Crippen molar-refractivity contribution in [3.8, 4) is 0 Å². The van der Waals surface area contributed by atoms with Crippen LogP contribution in [0.4, 0.5) is 0 Å². The molecule has 1 nitrogen and oxygen atoms in total. The average Bonchev–Trinajstić information content (AvgIpc) is 1.72. The zero-order valence-corrected chi connectivity index (χ0v) is 4.55. The minimum Gasteiger partial charge on any atom is -0.213 e. The molecule has 1 heterocycles. The summed E-state index contributed by atoms with van der Waals surface area (Å²) >= 11 is 0. The third kappa shape index (κ3) is 1.06. The molecule has 0 fully saturated rings. The van der Waals surface area contributed by atoms with Crippen molar-refractivity contribution in [1.29, 1.82) is 0 Å². The van der Waals surface area contributed by atoms with E-state index < -0.39 is 0 Å². The zero-order chi connectivity index (χ0) is 4.24. The monoisotopic (exact) mass is 116 g/mol. The maximum absolute atomic E-state index is 3.81. The first-order valence-electron chi connectivity index (χ1n) is 1.43. The standard InChI is InChI=1S/C3H2NS2/c1-2-4-6-5-3-1/h1-2H. The quantitative estimate of drug-likeness (QED) is 0.352. The van der Waals surface area contributed by atoms with Gasteiger partial charge in [-0.15, -0.1) is 0 Å². The summed E-state index contributed by atoms with van der Waals surface area (Å²) in [7, 11) is 2.95. The van der Waals surface area contributed by atoms with Gasteiger partial charge in [0, 0.05) is 22.6 Å². The van der Waals surface area contributed by atoms with Crippen LogP contribution >= 0.6 is 21.8 Å². The summed E-state index contributed by atoms with van der Waals surface area (Å²) in [5, 5.41) is 2.89. The van der Waals surface area contributed by atoms with Gasteiger partial charge < -0.3 is 0 Å². The van der Waals surface area contributed by atoms with Crippen molar-refractivity contribution in [1.82, 2.24) is 0 Å². The number of hydrogen-bond donors (Lipinski definition) is 0. The van der Waals surface area contributed by atoms with E-state index in [1.54, 1.807) is 12.3 Å². The lowest BCUT2D eigenvalue weighted by Gasteiger charge is -1.85. The molecule has 0 aromatic heterocycles. The molecule has 6 heavy (non-hydrogen) atoms. The lowest BCUT2D eigenvalue weighted by Crippen LogP contribution is -1.61. The van der Waals surface area contributed by atoms with Crippen LogP contribution in [0.25, 0.3) is 0 Å². The molecule has 0 aliphatic carbocycles. The second kappa shape index (κ2) is 2.31. The number of nitrogens with zero attached hydrogens (tertiary/aromatic N) is 1. The Bertz CT molecular complexity index is 74.8. The number of rotatable bonds is 0. The fourth-order valence-electron chi connectivity index (χ4n) is 0.157. The van der Waals surface area contributed by atoms with Crippen LogP contribution in [0.1, 0.15) is 0 Å². The van der Waals surface area contributed by atoms with Gasteiger partial charge in [0.25, 0.3) is 0 Å². The van der Waals surface area contributed by atoms with Crippen molar-refractivity contribution in [2.45, 2.75) is 0 Å². The molecule has 1 rings (SSSR count). The maximum Gasteiger partial charge on any atom is 0.0487 e. The molecule has 31 valence electrons. The van der Waals surface area contributed by atoms with Gasteiger partial charge in [-0.3, -0.25) is 0 Å². The van der Waals surface area contributed by atoms with Gasteiger partial charge in [-0.25, -0.2) is 4.40 Å². The van der Waals surface area contributed by atoms with Gasteiger partial charge in [-0.2, -0.15) is 0 Å². The molecule has 0 spiro atoms. The average molecular weight is 116 g/mol. The van der Waals surface area contributed by atoms with Crippen molar-refractivity contribution in [2.24, 2.45) is 4.40 Å². The molecular formula is C3H2NS2. The van der Waals surface area contributed by atoms with Crippen LogP contribution in [0, 0.1) is 5.41 Å². The maximum atomic E-state index is 3.81. The topological polar surface area (TPSA) is 12.4 Å². The van der Waals surface area contributed by atoms with E-state index in [0.29, 0.717) is 0 Å². The first-order valence-corrected chi connectivity index (χ1v) is 3.54. The van der Waals surface area contributed by atoms with Crippen LogP contribution in [-0.4, -0.2) is 6.21 Å². The van der Waals surface area contributed by atoms with Crippen molar-refractivity contribution in [3.63, 3.8) is 0 Å². The highest BCUT2D eigenvalue weighted by Crippen LogP contribution is 2.24. The third-order valence-electron chi connectivity index (χ3n) is 0.332. The Balaban J connectivity index is 2.46. The first kappa shape index (κ1) is 4.27. The molecule has 0 saturated heterocycles. The summed E-state index contributed by atoms with van der Waals surface area (Å²) in [6.07, 6.45) is 3.52. The Morgan fingerprint density at radius 2 is 2.67 bits per heavy atom. The van der Waals surface area contributed by atoms with E-state index in [4.69, 9.17) is 0 Å². The molecule has 0 saturated carbocycles. The largest absolute Gasteiger partial charge is 0.213 e. The Labute approximate surface area is 44.5 Å². The van der Waals surface area contributed by atoms with Gasteiger partial charge in [-0.1, -0.05) is 0 Å². The molecule has 1 radical (unpaired) electrons. The van der Waals surface area contributed by atoms with E-state index in [-0.39, 0.29) is 0 Å². The Hall–Kier alpha value is 0.110.